The molecule has 1 aliphatic heterocycles. The van der Waals surface area contributed by atoms with Gasteiger partial charge in [-0.15, -0.1) is 0 Å². The maximum absolute atomic E-state index is 12.3. The number of methoxy groups -OCH3 is 1. The number of furan rings is 1. The summed E-state index contributed by atoms with van der Waals surface area (Å²) in [5.41, 5.74) is 0.741. The lowest BCUT2D eigenvalue weighted by Gasteiger charge is -2.23. The molecule has 7 heteroatoms. The van der Waals surface area contributed by atoms with Crippen LogP contribution < -0.4 is 10.1 Å². The minimum atomic E-state index is -3.05. The molecule has 0 bridgehead atoms. The van der Waals surface area contributed by atoms with Gasteiger partial charge >= 0.3 is 0 Å². The zero-order valence-corrected chi connectivity index (χ0v) is 13.9. The molecule has 2 heterocycles. The Balaban J connectivity index is 1.73. The Hall–Kier alpha value is -2.02. The normalized spacial score (nSPS) is 23.0. The van der Waals surface area contributed by atoms with Crippen molar-refractivity contribution in [1.82, 2.24) is 5.32 Å². The molecule has 124 valence electrons. The van der Waals surface area contributed by atoms with E-state index in [9.17, 15) is 13.2 Å². The molecule has 6 nitrogen and oxygen atoms in total. The topological polar surface area (TPSA) is 85.6 Å². The molecule has 3 rings (SSSR count). The predicted molar refractivity (Wildman–Crippen MR) is 86.3 cm³/mol. The molecule has 0 aliphatic carbocycles. The fraction of sp³-hybridized carbons (Fsp3) is 0.438. The lowest BCUT2D eigenvalue weighted by Crippen LogP contribution is -2.47. The quantitative estimate of drug-likeness (QED) is 0.917. The molecule has 2 aromatic rings. The van der Waals surface area contributed by atoms with E-state index in [0.717, 1.165) is 10.9 Å². The number of nitrogens with one attached hydrogen (secondary N) is 1. The van der Waals surface area contributed by atoms with Crippen LogP contribution in [-0.2, 0) is 21.1 Å². The summed E-state index contributed by atoms with van der Waals surface area (Å²) in [5, 5.41) is 3.70. The van der Waals surface area contributed by atoms with Crippen molar-refractivity contribution in [2.24, 2.45) is 0 Å². The molecular weight excluding hydrogens is 318 g/mol. The molecule has 0 saturated carbocycles. The average Bonchev–Trinajstić information content (AvgIpc) is 2.99. The molecule has 1 aromatic heterocycles. The maximum atomic E-state index is 12.3. The van der Waals surface area contributed by atoms with Gasteiger partial charge in [-0.2, -0.15) is 0 Å². The molecule has 1 fully saturated rings. The Bertz CT molecular complexity index is 854. The van der Waals surface area contributed by atoms with Crippen molar-refractivity contribution < 1.29 is 22.4 Å². The summed E-state index contributed by atoms with van der Waals surface area (Å²) in [6.45, 7) is 1.77. The predicted octanol–water partition coefficient (Wildman–Crippen LogP) is 1.68. The Morgan fingerprint density at radius 3 is 2.87 bits per heavy atom. The largest absolute Gasteiger partial charge is 0.497 e. The molecule has 1 amide bonds. The summed E-state index contributed by atoms with van der Waals surface area (Å²) in [6, 6.07) is 5.42. The molecular formula is C16H19NO5S. The van der Waals surface area contributed by atoms with Gasteiger partial charge in [0.1, 0.15) is 11.3 Å². The zero-order chi connectivity index (χ0) is 16.7. The standard InChI is InChI=1S/C16H19NO5S/c1-16(5-6-23(19,20)10-16)17-15(18)7-11-9-22-14-8-12(21-2)3-4-13(11)14/h3-4,8-9H,5-7,10H2,1-2H3,(H,17,18)/t16-/m0/s1. The summed E-state index contributed by atoms with van der Waals surface area (Å²) < 4.78 is 33.8. The van der Waals surface area contributed by atoms with Gasteiger partial charge in [0.05, 0.1) is 36.8 Å². The van der Waals surface area contributed by atoms with Gasteiger partial charge < -0.3 is 14.5 Å². The van der Waals surface area contributed by atoms with Crippen LogP contribution in [0.15, 0.2) is 28.9 Å². The van der Waals surface area contributed by atoms with E-state index >= 15 is 0 Å². The number of sulfone groups is 1. The molecule has 1 saturated heterocycles. The Morgan fingerprint density at radius 1 is 1.43 bits per heavy atom. The fourth-order valence-corrected chi connectivity index (χ4v) is 5.08. The second kappa shape index (κ2) is 5.56. The fourth-order valence-electron chi connectivity index (χ4n) is 2.99. The minimum absolute atomic E-state index is 0.00489. The van der Waals surface area contributed by atoms with Crippen molar-refractivity contribution in [3.8, 4) is 5.75 Å². The second-order valence-corrected chi connectivity index (χ2v) is 8.43. The van der Waals surface area contributed by atoms with Crippen molar-refractivity contribution in [1.29, 1.82) is 0 Å². The first-order chi connectivity index (χ1) is 10.8. The van der Waals surface area contributed by atoms with Gasteiger partial charge in [0.15, 0.2) is 9.84 Å². The molecule has 23 heavy (non-hydrogen) atoms. The van der Waals surface area contributed by atoms with Crippen LogP contribution in [0.2, 0.25) is 0 Å². The van der Waals surface area contributed by atoms with Crippen LogP contribution in [0.4, 0.5) is 0 Å². The summed E-state index contributed by atoms with van der Waals surface area (Å²) in [5.74, 6) is 0.599. The first-order valence-electron chi connectivity index (χ1n) is 7.36. The lowest BCUT2D eigenvalue weighted by molar-refractivity contribution is -0.121. The van der Waals surface area contributed by atoms with Gasteiger partial charge in [0, 0.05) is 17.0 Å². The van der Waals surface area contributed by atoms with E-state index in [2.05, 4.69) is 5.32 Å². The van der Waals surface area contributed by atoms with Crippen LogP contribution in [0.3, 0.4) is 0 Å². The first-order valence-corrected chi connectivity index (χ1v) is 9.18. The molecule has 0 spiro atoms. The van der Waals surface area contributed by atoms with E-state index in [0.29, 0.717) is 17.8 Å². The van der Waals surface area contributed by atoms with Crippen LogP contribution in [0.5, 0.6) is 5.75 Å². The molecule has 0 unspecified atom stereocenters. The smallest absolute Gasteiger partial charge is 0.225 e. The van der Waals surface area contributed by atoms with Gasteiger partial charge in [0.2, 0.25) is 5.91 Å². The molecule has 1 atom stereocenters. The lowest BCUT2D eigenvalue weighted by atomic mass is 10.0. The van der Waals surface area contributed by atoms with Crippen LogP contribution in [-0.4, -0.2) is 38.5 Å². The number of rotatable bonds is 4. The van der Waals surface area contributed by atoms with Gasteiger partial charge in [-0.25, -0.2) is 8.42 Å². The van der Waals surface area contributed by atoms with E-state index in [4.69, 9.17) is 9.15 Å². The zero-order valence-electron chi connectivity index (χ0n) is 13.1. The number of hydrogen-bond acceptors (Lipinski definition) is 5. The molecule has 0 radical (unpaired) electrons. The van der Waals surface area contributed by atoms with E-state index in [-0.39, 0.29) is 23.8 Å². The van der Waals surface area contributed by atoms with E-state index in [1.165, 1.54) is 0 Å². The SMILES string of the molecule is COc1ccc2c(CC(=O)N[C@@]3(C)CCS(=O)(=O)C3)coc2c1. The van der Waals surface area contributed by atoms with Gasteiger partial charge in [-0.3, -0.25) is 4.79 Å². The summed E-state index contributed by atoms with van der Waals surface area (Å²) in [4.78, 5) is 12.3. The Labute approximate surface area is 134 Å². The molecule has 1 aliphatic rings. The second-order valence-electron chi connectivity index (χ2n) is 6.25. The maximum Gasteiger partial charge on any atom is 0.225 e. The first kappa shape index (κ1) is 15.9. The van der Waals surface area contributed by atoms with Crippen LogP contribution in [0, 0.1) is 0 Å². The number of fused-ring (bicyclic) bond motifs is 1. The number of hydrogen-bond donors (Lipinski definition) is 1. The highest BCUT2D eigenvalue weighted by atomic mass is 32.2. The van der Waals surface area contributed by atoms with Crippen LogP contribution in [0.25, 0.3) is 11.0 Å². The number of benzene rings is 1. The summed E-state index contributed by atoms with van der Waals surface area (Å²) >= 11 is 0. The summed E-state index contributed by atoms with van der Waals surface area (Å²) in [7, 11) is -1.47. The third-order valence-corrected chi connectivity index (χ3v) is 6.06. The van der Waals surface area contributed by atoms with E-state index in [1.807, 2.05) is 12.1 Å². The minimum Gasteiger partial charge on any atom is -0.497 e. The monoisotopic (exact) mass is 337 g/mol. The highest BCUT2D eigenvalue weighted by molar-refractivity contribution is 7.91. The number of ether oxygens (including phenoxy) is 1. The molecule has 1 aromatic carbocycles. The highest BCUT2D eigenvalue weighted by Crippen LogP contribution is 2.27. The highest BCUT2D eigenvalue weighted by Gasteiger charge is 2.39. The third-order valence-electron chi connectivity index (χ3n) is 4.16. The van der Waals surface area contributed by atoms with E-state index in [1.54, 1.807) is 26.4 Å². The number of amides is 1. The van der Waals surface area contributed by atoms with Crippen molar-refractivity contribution in [2.75, 3.05) is 18.6 Å². The van der Waals surface area contributed by atoms with Crippen molar-refractivity contribution in [2.45, 2.75) is 25.3 Å². The number of carbonyl (C=O) groups is 1. The third kappa shape index (κ3) is 3.34. The molecule has 1 N–H and O–H groups in total. The van der Waals surface area contributed by atoms with Crippen LogP contribution in [0.1, 0.15) is 18.9 Å². The van der Waals surface area contributed by atoms with Gasteiger partial charge in [0.25, 0.3) is 0 Å². The number of carbonyl (C=O) groups excluding carboxylic acids is 1. The van der Waals surface area contributed by atoms with Crippen LogP contribution >= 0.6 is 0 Å². The average molecular weight is 337 g/mol. The van der Waals surface area contributed by atoms with Gasteiger partial charge in [-0.1, -0.05) is 0 Å². The van der Waals surface area contributed by atoms with E-state index < -0.39 is 15.4 Å². The van der Waals surface area contributed by atoms with Crippen molar-refractivity contribution in [3.63, 3.8) is 0 Å². The summed E-state index contributed by atoms with van der Waals surface area (Å²) in [6.07, 6.45) is 2.15. The Morgan fingerprint density at radius 2 is 2.22 bits per heavy atom. The van der Waals surface area contributed by atoms with Gasteiger partial charge in [-0.05, 0) is 25.5 Å². The van der Waals surface area contributed by atoms with Crippen molar-refractivity contribution in [3.05, 3.63) is 30.0 Å². The Kier molecular flexibility index (Phi) is 3.83. The van der Waals surface area contributed by atoms with Crippen molar-refractivity contribution >= 4 is 26.7 Å².